The molecule has 1 aliphatic rings. The summed E-state index contributed by atoms with van der Waals surface area (Å²) in [6, 6.07) is 1.31. The minimum absolute atomic E-state index is 0.244. The third-order valence-corrected chi connectivity index (χ3v) is 3.94. The summed E-state index contributed by atoms with van der Waals surface area (Å²) >= 11 is 0. The lowest BCUT2D eigenvalue weighted by Crippen LogP contribution is -2.53. The van der Waals surface area contributed by atoms with E-state index < -0.39 is 18.6 Å². The van der Waals surface area contributed by atoms with E-state index in [1.165, 1.54) is 6.33 Å². The van der Waals surface area contributed by atoms with E-state index in [4.69, 9.17) is 5.26 Å². The first-order valence-electron chi connectivity index (χ1n) is 7.57. The van der Waals surface area contributed by atoms with Crippen LogP contribution in [0.4, 0.5) is 19.0 Å². The topological polar surface area (TPSA) is 82.7 Å². The van der Waals surface area contributed by atoms with Crippen LogP contribution in [0, 0.1) is 11.3 Å². The van der Waals surface area contributed by atoms with E-state index in [1.54, 1.807) is 15.8 Å². The van der Waals surface area contributed by atoms with Crippen molar-refractivity contribution < 1.29 is 13.2 Å². The monoisotopic (exact) mass is 339 g/mol. The quantitative estimate of drug-likeness (QED) is 0.908. The van der Waals surface area contributed by atoms with Crippen molar-refractivity contribution in [3.8, 4) is 6.07 Å². The second-order valence-corrected chi connectivity index (χ2v) is 5.58. The van der Waals surface area contributed by atoms with Crippen LogP contribution in [-0.2, 0) is 6.54 Å². The van der Waals surface area contributed by atoms with E-state index in [-0.39, 0.29) is 13.0 Å². The van der Waals surface area contributed by atoms with Crippen LogP contribution in [0.3, 0.4) is 0 Å². The van der Waals surface area contributed by atoms with Gasteiger partial charge in [-0.25, -0.2) is 14.6 Å². The molecule has 0 saturated carbocycles. The summed E-state index contributed by atoms with van der Waals surface area (Å²) in [4.78, 5) is 10.0. The van der Waals surface area contributed by atoms with E-state index in [2.05, 4.69) is 20.4 Å². The van der Waals surface area contributed by atoms with Gasteiger partial charge in [0, 0.05) is 19.6 Å². The molecule has 10 heteroatoms. The van der Waals surface area contributed by atoms with Gasteiger partial charge in [0.25, 0.3) is 0 Å². The lowest BCUT2D eigenvalue weighted by atomic mass is 10.1. The summed E-state index contributed by atoms with van der Waals surface area (Å²) in [5, 5.41) is 16.5. The molecule has 7 nitrogen and oxygen atoms in total. The third kappa shape index (κ3) is 3.41. The summed E-state index contributed by atoms with van der Waals surface area (Å²) in [7, 11) is 0. The number of piperazine rings is 1. The summed E-state index contributed by atoms with van der Waals surface area (Å²) < 4.78 is 40.1. The van der Waals surface area contributed by atoms with E-state index in [1.807, 2.05) is 6.07 Å². The summed E-state index contributed by atoms with van der Waals surface area (Å²) in [6.45, 7) is 1.64. The minimum Gasteiger partial charge on any atom is -0.350 e. The van der Waals surface area contributed by atoms with Gasteiger partial charge in [0.05, 0.1) is 43.1 Å². The van der Waals surface area contributed by atoms with E-state index in [0.717, 1.165) is 0 Å². The summed E-state index contributed by atoms with van der Waals surface area (Å²) in [6.07, 6.45) is -2.00. The van der Waals surface area contributed by atoms with Crippen molar-refractivity contribution in [1.29, 1.82) is 5.26 Å². The number of alkyl halides is 3. The van der Waals surface area contributed by atoms with Crippen molar-refractivity contribution in [2.75, 3.05) is 24.5 Å². The van der Waals surface area contributed by atoms with E-state index in [9.17, 15) is 13.2 Å². The van der Waals surface area contributed by atoms with Gasteiger partial charge in [0.2, 0.25) is 0 Å². The highest BCUT2D eigenvalue weighted by molar-refractivity contribution is 5.86. The second kappa shape index (κ2) is 6.60. The molecule has 128 valence electrons. The highest BCUT2D eigenvalue weighted by Gasteiger charge is 2.37. The maximum atomic E-state index is 12.9. The van der Waals surface area contributed by atoms with Crippen LogP contribution >= 0.6 is 0 Å². The Balaban J connectivity index is 1.95. The van der Waals surface area contributed by atoms with Gasteiger partial charge >= 0.3 is 6.18 Å². The number of hydrogen-bond acceptors (Lipinski definition) is 6. The number of nitrogens with one attached hydrogen (secondary N) is 1. The second-order valence-electron chi connectivity index (χ2n) is 5.58. The van der Waals surface area contributed by atoms with Gasteiger partial charge in [-0.3, -0.25) is 0 Å². The molecule has 3 rings (SSSR count). The Morgan fingerprint density at radius 1 is 1.38 bits per heavy atom. The highest BCUT2D eigenvalue weighted by Crippen LogP contribution is 2.30. The van der Waals surface area contributed by atoms with E-state index >= 15 is 0 Å². The van der Waals surface area contributed by atoms with Gasteiger partial charge in [-0.15, -0.1) is 0 Å². The average Bonchev–Trinajstić information content (AvgIpc) is 2.95. The number of rotatable bonds is 4. The zero-order valence-corrected chi connectivity index (χ0v) is 12.8. The molecular formula is C14H16F3N7. The molecule has 2 aromatic heterocycles. The van der Waals surface area contributed by atoms with Crippen molar-refractivity contribution in [2.24, 2.45) is 0 Å². The number of anilines is 1. The summed E-state index contributed by atoms with van der Waals surface area (Å²) in [5.74, 6) is 0.457. The van der Waals surface area contributed by atoms with Gasteiger partial charge in [0.1, 0.15) is 12.1 Å². The molecule has 1 aliphatic heterocycles. The standard InChI is InChI=1S/C14H16F3N7/c15-14(16,17)6-10-7-19-3-5-23(10)12-11-8-22-24(4-1-2-18)13(11)21-9-20-12/h8-10,19H,1,3-7H2. The minimum atomic E-state index is -4.24. The average molecular weight is 339 g/mol. The number of hydrogen-bond donors (Lipinski definition) is 1. The molecule has 1 saturated heterocycles. The SMILES string of the molecule is N#CCCn1ncc2c(N3CCNCC3CC(F)(F)F)ncnc21. The predicted molar refractivity (Wildman–Crippen MR) is 80.2 cm³/mol. The lowest BCUT2D eigenvalue weighted by molar-refractivity contribution is -0.138. The molecule has 0 radical (unpaired) electrons. The first-order valence-corrected chi connectivity index (χ1v) is 7.57. The lowest BCUT2D eigenvalue weighted by Gasteiger charge is -2.37. The molecule has 1 atom stereocenters. The van der Waals surface area contributed by atoms with Gasteiger partial charge in [-0.05, 0) is 0 Å². The Morgan fingerprint density at radius 3 is 2.96 bits per heavy atom. The van der Waals surface area contributed by atoms with Crippen LogP contribution in [0.1, 0.15) is 12.8 Å². The number of nitrogens with zero attached hydrogens (tertiary/aromatic N) is 6. The molecule has 0 amide bonds. The molecule has 1 fully saturated rings. The number of fused-ring (bicyclic) bond motifs is 1. The van der Waals surface area contributed by atoms with Crippen molar-refractivity contribution in [3.05, 3.63) is 12.5 Å². The Morgan fingerprint density at radius 2 is 2.21 bits per heavy atom. The maximum Gasteiger partial charge on any atom is 0.391 e. The van der Waals surface area contributed by atoms with Crippen molar-refractivity contribution in [2.45, 2.75) is 31.6 Å². The fraction of sp³-hybridized carbons (Fsp3) is 0.571. The maximum absolute atomic E-state index is 12.9. The molecule has 0 aromatic carbocycles. The number of halogens is 3. The fourth-order valence-electron chi connectivity index (χ4n) is 2.92. The Bertz CT molecular complexity index is 749. The molecular weight excluding hydrogens is 323 g/mol. The molecule has 2 aromatic rings. The van der Waals surface area contributed by atoms with Crippen LogP contribution < -0.4 is 10.2 Å². The molecule has 1 N–H and O–H groups in total. The summed E-state index contributed by atoms with van der Waals surface area (Å²) in [5.41, 5.74) is 0.527. The number of aryl methyl sites for hydroxylation is 1. The first kappa shape index (κ1) is 16.4. The fourth-order valence-corrected chi connectivity index (χ4v) is 2.92. The molecule has 0 spiro atoms. The first-order chi connectivity index (χ1) is 11.5. The predicted octanol–water partition coefficient (Wildman–Crippen LogP) is 1.47. The molecule has 24 heavy (non-hydrogen) atoms. The highest BCUT2D eigenvalue weighted by atomic mass is 19.4. The Labute approximate surface area is 136 Å². The van der Waals surface area contributed by atoms with Gasteiger partial charge in [-0.2, -0.15) is 23.5 Å². The zero-order valence-electron chi connectivity index (χ0n) is 12.8. The van der Waals surface area contributed by atoms with Crippen molar-refractivity contribution in [1.82, 2.24) is 25.1 Å². The van der Waals surface area contributed by atoms with Gasteiger partial charge in [-0.1, -0.05) is 0 Å². The smallest absolute Gasteiger partial charge is 0.350 e. The largest absolute Gasteiger partial charge is 0.391 e. The van der Waals surface area contributed by atoms with Crippen LogP contribution in [0.25, 0.3) is 11.0 Å². The normalized spacial score (nSPS) is 18.8. The number of aromatic nitrogens is 4. The molecule has 1 unspecified atom stereocenters. The third-order valence-electron chi connectivity index (χ3n) is 3.94. The Kier molecular flexibility index (Phi) is 4.53. The van der Waals surface area contributed by atoms with Crippen molar-refractivity contribution in [3.63, 3.8) is 0 Å². The van der Waals surface area contributed by atoms with Gasteiger partial charge < -0.3 is 10.2 Å². The molecule has 0 bridgehead atoms. The molecule has 3 heterocycles. The van der Waals surface area contributed by atoms with E-state index in [0.29, 0.717) is 36.5 Å². The molecule has 0 aliphatic carbocycles. The Hall–Kier alpha value is -2.41. The van der Waals surface area contributed by atoms with Crippen LogP contribution in [0.2, 0.25) is 0 Å². The number of nitriles is 1. The zero-order chi connectivity index (χ0) is 17.2. The van der Waals surface area contributed by atoms with Crippen LogP contribution in [0.5, 0.6) is 0 Å². The van der Waals surface area contributed by atoms with Crippen LogP contribution in [0.15, 0.2) is 12.5 Å². The van der Waals surface area contributed by atoms with Crippen molar-refractivity contribution >= 4 is 16.9 Å². The van der Waals surface area contributed by atoms with Gasteiger partial charge in [0.15, 0.2) is 5.65 Å². The van der Waals surface area contributed by atoms with Crippen LogP contribution in [-0.4, -0.2) is 51.6 Å².